The number of halogens is 1. The zero-order valence-corrected chi connectivity index (χ0v) is 21.2. The first-order valence-electron chi connectivity index (χ1n) is 11.2. The molecule has 3 aromatic rings. The molecule has 12 heteroatoms. The molecule has 0 radical (unpaired) electrons. The number of carbonyl (C=O) groups is 2. The minimum Gasteiger partial charge on any atom is -0.507 e. The second kappa shape index (κ2) is 9.97. The van der Waals surface area contributed by atoms with Crippen LogP contribution in [-0.2, 0) is 4.79 Å². The van der Waals surface area contributed by atoms with Crippen LogP contribution in [0.4, 0.5) is 0 Å². The van der Waals surface area contributed by atoms with Crippen LogP contribution in [-0.4, -0.2) is 49.7 Å². The first kappa shape index (κ1) is 25.2. The first-order valence-corrected chi connectivity index (χ1v) is 11.9. The van der Waals surface area contributed by atoms with Gasteiger partial charge in [-0.05, 0) is 84.1 Å². The number of nitrogens with zero attached hydrogens (tertiary/aromatic N) is 3. The fraction of sp³-hybridized carbons (Fsp3) is 0.292. The van der Waals surface area contributed by atoms with Crippen molar-refractivity contribution >= 4 is 27.7 Å². The van der Waals surface area contributed by atoms with E-state index in [4.69, 9.17) is 10.5 Å². The summed E-state index contributed by atoms with van der Waals surface area (Å²) in [6.07, 6.45) is 1.13. The Morgan fingerprint density at radius 2 is 1.89 bits per heavy atom. The molecule has 1 atom stereocenters. The number of aromatic nitrogens is 3. The summed E-state index contributed by atoms with van der Waals surface area (Å²) in [6, 6.07) is 8.01. The molecule has 2 amide bonds. The molecule has 2 aromatic carbocycles. The number of phenols is 1. The summed E-state index contributed by atoms with van der Waals surface area (Å²) in [5, 5.41) is 13.8. The molecule has 1 aliphatic rings. The summed E-state index contributed by atoms with van der Waals surface area (Å²) in [5.74, 6) is -0.582. The molecular formula is C24H24BrN5O6. The maximum absolute atomic E-state index is 13.1. The topological polar surface area (TPSA) is 161 Å². The van der Waals surface area contributed by atoms with E-state index >= 15 is 0 Å². The van der Waals surface area contributed by atoms with Crippen molar-refractivity contribution in [1.82, 2.24) is 19.7 Å². The van der Waals surface area contributed by atoms with Crippen LogP contribution in [0.1, 0.15) is 34.5 Å². The molecule has 0 bridgehead atoms. The number of likely N-dealkylation sites (tertiary alicyclic amines) is 1. The number of aryl methyl sites for hydroxylation is 2. The van der Waals surface area contributed by atoms with E-state index < -0.39 is 34.7 Å². The third-order valence-electron chi connectivity index (χ3n) is 5.97. The number of nitrogens with two attached hydrogens (primary N) is 1. The summed E-state index contributed by atoms with van der Waals surface area (Å²) < 4.78 is 7.41. The Morgan fingerprint density at radius 1 is 1.19 bits per heavy atom. The van der Waals surface area contributed by atoms with Gasteiger partial charge in [0, 0.05) is 13.1 Å². The fourth-order valence-corrected chi connectivity index (χ4v) is 4.50. The van der Waals surface area contributed by atoms with Gasteiger partial charge in [0.05, 0.1) is 16.1 Å². The van der Waals surface area contributed by atoms with E-state index in [9.17, 15) is 24.3 Å². The number of hydrogen-bond donors (Lipinski definition) is 3. The van der Waals surface area contributed by atoms with E-state index in [-0.39, 0.29) is 12.3 Å². The van der Waals surface area contributed by atoms with Crippen LogP contribution < -0.4 is 21.7 Å². The van der Waals surface area contributed by atoms with E-state index in [0.29, 0.717) is 52.2 Å². The number of hydrogen-bond acceptors (Lipinski definition) is 7. The smallest absolute Gasteiger partial charge is 0.349 e. The van der Waals surface area contributed by atoms with Gasteiger partial charge in [-0.3, -0.25) is 19.4 Å². The van der Waals surface area contributed by atoms with Crippen molar-refractivity contribution < 1.29 is 19.4 Å². The van der Waals surface area contributed by atoms with Crippen molar-refractivity contribution in [3.8, 4) is 22.9 Å². The number of carbonyl (C=O) groups excluding carboxylic acids is 2. The lowest BCUT2D eigenvalue weighted by molar-refractivity contribution is -0.123. The Kier molecular flexibility index (Phi) is 6.97. The fourth-order valence-electron chi connectivity index (χ4n) is 4.14. The normalized spacial score (nSPS) is 15.5. The zero-order chi connectivity index (χ0) is 26.1. The number of primary amides is 1. The van der Waals surface area contributed by atoms with Gasteiger partial charge in [-0.25, -0.2) is 4.79 Å². The van der Waals surface area contributed by atoms with Crippen molar-refractivity contribution in [3.05, 3.63) is 72.5 Å². The third-order valence-corrected chi connectivity index (χ3v) is 6.61. The SMILES string of the molecule is Cc1cc(-n2nc(C(=O)N3CCCC(C(N)=O)C3)c(=O)[nH]c2=O)cc(C)c1Oc1ccc(O)c(Br)c1. The van der Waals surface area contributed by atoms with Crippen LogP contribution in [0, 0.1) is 19.8 Å². The Balaban J connectivity index is 1.68. The molecular weight excluding hydrogens is 534 g/mol. The second-order valence-electron chi connectivity index (χ2n) is 8.64. The van der Waals surface area contributed by atoms with Gasteiger partial charge in [0.1, 0.15) is 17.2 Å². The highest BCUT2D eigenvalue weighted by Crippen LogP contribution is 2.34. The predicted molar refractivity (Wildman–Crippen MR) is 134 cm³/mol. The second-order valence-corrected chi connectivity index (χ2v) is 9.49. The average molecular weight is 558 g/mol. The summed E-state index contributed by atoms with van der Waals surface area (Å²) in [7, 11) is 0. The molecule has 1 fully saturated rings. The van der Waals surface area contributed by atoms with Crippen molar-refractivity contribution in [2.45, 2.75) is 26.7 Å². The Bertz CT molecular complexity index is 1460. The molecule has 2 heterocycles. The highest BCUT2D eigenvalue weighted by Gasteiger charge is 2.30. The number of H-pyrrole nitrogens is 1. The molecule has 1 saturated heterocycles. The standard InChI is InChI=1S/C24H24BrN5O6/c1-12-8-15(9-13(2)20(12)36-16-5-6-18(31)17(25)10-16)30-24(35)27-22(33)19(28-30)23(34)29-7-3-4-14(11-29)21(26)32/h5-6,8-10,14,31H,3-4,7,11H2,1-2H3,(H2,26,32)(H,27,33,35). The molecule has 188 valence electrons. The molecule has 0 aliphatic carbocycles. The van der Waals surface area contributed by atoms with Crippen LogP contribution in [0.3, 0.4) is 0 Å². The predicted octanol–water partition coefficient (Wildman–Crippen LogP) is 2.14. The number of phenolic OH excluding ortho intramolecular Hbond substituents is 1. The summed E-state index contributed by atoms with van der Waals surface area (Å²) >= 11 is 3.25. The third kappa shape index (κ3) is 5.03. The highest BCUT2D eigenvalue weighted by atomic mass is 79.9. The molecule has 0 spiro atoms. The van der Waals surface area contributed by atoms with E-state index in [1.54, 1.807) is 38.1 Å². The lowest BCUT2D eigenvalue weighted by Crippen LogP contribution is -2.47. The van der Waals surface area contributed by atoms with Crippen LogP contribution in [0.2, 0.25) is 0 Å². The van der Waals surface area contributed by atoms with Gasteiger partial charge >= 0.3 is 5.69 Å². The minimum absolute atomic E-state index is 0.0784. The van der Waals surface area contributed by atoms with E-state index in [0.717, 1.165) is 4.68 Å². The Hall–Kier alpha value is -3.93. The lowest BCUT2D eigenvalue weighted by atomic mass is 9.97. The molecule has 1 unspecified atom stereocenters. The monoisotopic (exact) mass is 557 g/mol. The number of piperidine rings is 1. The van der Waals surface area contributed by atoms with Crippen LogP contribution in [0.25, 0.3) is 5.69 Å². The molecule has 0 saturated carbocycles. The first-order chi connectivity index (χ1) is 17.0. The lowest BCUT2D eigenvalue weighted by Gasteiger charge is -2.30. The molecule has 11 nitrogen and oxygen atoms in total. The summed E-state index contributed by atoms with van der Waals surface area (Å²) in [4.78, 5) is 53.2. The number of benzene rings is 2. The van der Waals surface area contributed by atoms with E-state index in [1.807, 2.05) is 0 Å². The van der Waals surface area contributed by atoms with Gasteiger partial charge in [-0.1, -0.05) is 0 Å². The number of nitrogens with one attached hydrogen (secondary N) is 1. The molecule has 1 aromatic heterocycles. The van der Waals surface area contributed by atoms with Crippen molar-refractivity contribution in [2.75, 3.05) is 13.1 Å². The average Bonchev–Trinajstić information content (AvgIpc) is 2.83. The highest BCUT2D eigenvalue weighted by molar-refractivity contribution is 9.10. The molecule has 1 aliphatic heterocycles. The maximum atomic E-state index is 13.1. The molecule has 4 rings (SSSR count). The van der Waals surface area contributed by atoms with Crippen molar-refractivity contribution in [2.24, 2.45) is 11.7 Å². The van der Waals surface area contributed by atoms with Crippen molar-refractivity contribution in [1.29, 1.82) is 0 Å². The largest absolute Gasteiger partial charge is 0.507 e. The number of ether oxygens (including phenoxy) is 1. The van der Waals surface area contributed by atoms with E-state index in [2.05, 4.69) is 26.0 Å². The molecule has 36 heavy (non-hydrogen) atoms. The van der Waals surface area contributed by atoms with Crippen LogP contribution >= 0.6 is 15.9 Å². The van der Waals surface area contributed by atoms with Crippen LogP contribution in [0.15, 0.2) is 44.4 Å². The Labute approximate surface area is 213 Å². The maximum Gasteiger partial charge on any atom is 0.349 e. The van der Waals surface area contributed by atoms with Gasteiger partial charge in [0.2, 0.25) is 11.6 Å². The van der Waals surface area contributed by atoms with Gasteiger partial charge in [0.25, 0.3) is 11.5 Å². The van der Waals surface area contributed by atoms with Gasteiger partial charge in [-0.2, -0.15) is 9.78 Å². The molecule has 4 N–H and O–H groups in total. The minimum atomic E-state index is -0.909. The van der Waals surface area contributed by atoms with Crippen molar-refractivity contribution in [3.63, 3.8) is 0 Å². The van der Waals surface area contributed by atoms with Gasteiger partial charge < -0.3 is 20.5 Å². The van der Waals surface area contributed by atoms with Gasteiger partial charge in [-0.15, -0.1) is 0 Å². The number of amides is 2. The quantitative estimate of drug-likeness (QED) is 0.432. The number of aromatic hydroxyl groups is 1. The zero-order valence-electron chi connectivity index (χ0n) is 19.6. The van der Waals surface area contributed by atoms with Gasteiger partial charge in [0.15, 0.2) is 0 Å². The van der Waals surface area contributed by atoms with Crippen LogP contribution in [0.5, 0.6) is 17.2 Å². The number of aromatic amines is 1. The van der Waals surface area contributed by atoms with E-state index in [1.165, 1.54) is 11.0 Å². The summed E-state index contributed by atoms with van der Waals surface area (Å²) in [6.45, 7) is 4.00. The Morgan fingerprint density at radius 3 is 2.53 bits per heavy atom. The summed E-state index contributed by atoms with van der Waals surface area (Å²) in [5.41, 5.74) is 4.89. The number of rotatable bonds is 5.